The number of rotatable bonds is 2. The number of carbonyl (C=O) groups excluding carboxylic acids is 2. The highest BCUT2D eigenvalue weighted by atomic mass is 16.6. The molecule has 6 heteroatoms. The zero-order valence-corrected chi connectivity index (χ0v) is 14.2. The highest BCUT2D eigenvalue weighted by molar-refractivity contribution is 5.82. The van der Waals surface area contributed by atoms with Crippen molar-refractivity contribution < 1.29 is 14.3 Å². The third-order valence-electron chi connectivity index (χ3n) is 4.85. The number of para-hydroxylation sites is 1. The molecule has 130 valence electrons. The van der Waals surface area contributed by atoms with E-state index in [0.29, 0.717) is 31.9 Å². The summed E-state index contributed by atoms with van der Waals surface area (Å²) in [5, 5.41) is 0. The normalized spacial score (nSPS) is 22.3. The maximum absolute atomic E-state index is 12.7. The van der Waals surface area contributed by atoms with Gasteiger partial charge in [0, 0.05) is 26.2 Å². The first-order valence-electron chi connectivity index (χ1n) is 8.66. The van der Waals surface area contributed by atoms with Crippen molar-refractivity contribution in [2.24, 2.45) is 0 Å². The molecule has 2 saturated heterocycles. The molecule has 0 spiro atoms. The molecule has 0 aromatic heterocycles. The summed E-state index contributed by atoms with van der Waals surface area (Å²) in [4.78, 5) is 30.6. The molecule has 0 N–H and O–H groups in total. The zero-order chi connectivity index (χ0) is 16.9. The van der Waals surface area contributed by atoms with Crippen LogP contribution in [0.4, 0.5) is 4.79 Å². The largest absolute Gasteiger partial charge is 0.415 e. The Labute approximate surface area is 143 Å². The first-order chi connectivity index (χ1) is 11.6. The number of nitrogens with zero attached hydrogens (tertiary/aromatic N) is 3. The van der Waals surface area contributed by atoms with E-state index in [1.165, 1.54) is 6.42 Å². The van der Waals surface area contributed by atoms with Crippen LogP contribution in [0, 0.1) is 0 Å². The molecule has 1 aromatic rings. The maximum Gasteiger partial charge on any atom is 0.415 e. The number of hydrogen-bond donors (Lipinski definition) is 0. The lowest BCUT2D eigenvalue weighted by Gasteiger charge is -2.39. The van der Waals surface area contributed by atoms with Gasteiger partial charge in [-0.3, -0.25) is 9.69 Å². The van der Waals surface area contributed by atoms with E-state index in [4.69, 9.17) is 4.74 Å². The Morgan fingerprint density at radius 3 is 2.29 bits per heavy atom. The first kappa shape index (κ1) is 16.8. The van der Waals surface area contributed by atoms with Gasteiger partial charge >= 0.3 is 6.09 Å². The minimum atomic E-state index is -0.344. The zero-order valence-electron chi connectivity index (χ0n) is 14.2. The van der Waals surface area contributed by atoms with Gasteiger partial charge in [0.05, 0.1) is 6.04 Å². The van der Waals surface area contributed by atoms with Gasteiger partial charge in [0.25, 0.3) is 0 Å². The monoisotopic (exact) mass is 331 g/mol. The summed E-state index contributed by atoms with van der Waals surface area (Å²) >= 11 is 0. The first-order valence-corrected chi connectivity index (χ1v) is 8.66. The lowest BCUT2D eigenvalue weighted by atomic mass is 10.0. The Morgan fingerprint density at radius 2 is 1.62 bits per heavy atom. The van der Waals surface area contributed by atoms with E-state index in [1.807, 2.05) is 30.1 Å². The summed E-state index contributed by atoms with van der Waals surface area (Å²) in [6.45, 7) is 3.18. The van der Waals surface area contributed by atoms with E-state index in [9.17, 15) is 9.59 Å². The van der Waals surface area contributed by atoms with Crippen LogP contribution in [0.5, 0.6) is 5.75 Å². The fraction of sp³-hybridized carbons (Fsp3) is 0.556. The van der Waals surface area contributed by atoms with Crippen molar-refractivity contribution in [2.45, 2.75) is 25.3 Å². The lowest BCUT2D eigenvalue weighted by molar-refractivity contribution is -0.139. The van der Waals surface area contributed by atoms with Crippen molar-refractivity contribution in [3.63, 3.8) is 0 Å². The van der Waals surface area contributed by atoms with Crippen molar-refractivity contribution in [1.29, 1.82) is 0 Å². The van der Waals surface area contributed by atoms with E-state index in [1.54, 1.807) is 17.0 Å². The Bertz CT molecular complexity index is 570. The van der Waals surface area contributed by atoms with Crippen molar-refractivity contribution in [2.75, 3.05) is 39.8 Å². The molecule has 1 unspecified atom stereocenters. The van der Waals surface area contributed by atoms with Crippen LogP contribution in [0.3, 0.4) is 0 Å². The number of benzene rings is 1. The molecule has 0 radical (unpaired) electrons. The summed E-state index contributed by atoms with van der Waals surface area (Å²) in [7, 11) is 2.02. The minimum Gasteiger partial charge on any atom is -0.410 e. The van der Waals surface area contributed by atoms with E-state index < -0.39 is 0 Å². The van der Waals surface area contributed by atoms with Gasteiger partial charge in [0.2, 0.25) is 5.91 Å². The van der Waals surface area contributed by atoms with E-state index >= 15 is 0 Å². The third kappa shape index (κ3) is 3.87. The maximum atomic E-state index is 12.7. The molecule has 24 heavy (non-hydrogen) atoms. The Morgan fingerprint density at radius 1 is 0.958 bits per heavy atom. The number of amides is 2. The average Bonchev–Trinajstić information content (AvgIpc) is 2.62. The predicted octanol–water partition coefficient (Wildman–Crippen LogP) is 1.81. The van der Waals surface area contributed by atoms with Gasteiger partial charge in [0.15, 0.2) is 0 Å². The minimum absolute atomic E-state index is 0.00145. The Hall–Kier alpha value is -2.08. The fourth-order valence-corrected chi connectivity index (χ4v) is 3.36. The summed E-state index contributed by atoms with van der Waals surface area (Å²) < 4.78 is 5.36. The van der Waals surface area contributed by atoms with Crippen LogP contribution in [0.1, 0.15) is 19.3 Å². The average molecular weight is 331 g/mol. The smallest absolute Gasteiger partial charge is 0.410 e. The number of piperidine rings is 1. The highest BCUT2D eigenvalue weighted by Gasteiger charge is 2.32. The molecular formula is C18H25N3O3. The summed E-state index contributed by atoms with van der Waals surface area (Å²) in [6.07, 6.45) is 2.87. The molecule has 6 nitrogen and oxygen atoms in total. The van der Waals surface area contributed by atoms with Crippen LogP contribution >= 0.6 is 0 Å². The molecule has 0 aliphatic carbocycles. The number of ether oxygens (including phenoxy) is 1. The molecule has 2 aliphatic heterocycles. The molecule has 3 rings (SSSR count). The molecule has 2 amide bonds. The van der Waals surface area contributed by atoms with Crippen LogP contribution in [-0.2, 0) is 4.79 Å². The van der Waals surface area contributed by atoms with Crippen molar-refractivity contribution in [3.8, 4) is 5.75 Å². The molecule has 0 saturated carbocycles. The van der Waals surface area contributed by atoms with Crippen molar-refractivity contribution in [3.05, 3.63) is 30.3 Å². The van der Waals surface area contributed by atoms with Gasteiger partial charge in [-0.2, -0.15) is 0 Å². The molecule has 2 fully saturated rings. The number of likely N-dealkylation sites (N-methyl/N-ethyl adjacent to an activating group) is 1. The highest BCUT2D eigenvalue weighted by Crippen LogP contribution is 2.18. The molecule has 1 atom stereocenters. The third-order valence-corrected chi connectivity index (χ3v) is 4.85. The predicted molar refractivity (Wildman–Crippen MR) is 90.9 cm³/mol. The van der Waals surface area contributed by atoms with Crippen molar-refractivity contribution >= 4 is 12.0 Å². The standard InChI is InChI=1S/C18H25N3O3/c1-19-10-6-5-9-16(19)17(22)20-11-13-21(14-12-20)18(23)24-15-7-3-2-4-8-15/h2-4,7-8,16H,5-6,9-14H2,1H3. The molecule has 0 bridgehead atoms. The summed E-state index contributed by atoms with van der Waals surface area (Å²) in [5.41, 5.74) is 0. The quantitative estimate of drug-likeness (QED) is 0.829. The van der Waals surface area contributed by atoms with Crippen LogP contribution < -0.4 is 4.74 Å². The van der Waals surface area contributed by atoms with E-state index in [0.717, 1.165) is 19.4 Å². The summed E-state index contributed by atoms with van der Waals surface area (Å²) in [6, 6.07) is 9.07. The van der Waals surface area contributed by atoms with Crippen LogP contribution in [-0.4, -0.2) is 72.5 Å². The number of piperazine rings is 1. The molecule has 2 heterocycles. The molecular weight excluding hydrogens is 306 g/mol. The van der Waals surface area contributed by atoms with E-state index in [-0.39, 0.29) is 18.0 Å². The van der Waals surface area contributed by atoms with Gasteiger partial charge in [-0.15, -0.1) is 0 Å². The van der Waals surface area contributed by atoms with Gasteiger partial charge < -0.3 is 14.5 Å². The number of hydrogen-bond acceptors (Lipinski definition) is 4. The number of likely N-dealkylation sites (tertiary alicyclic amines) is 1. The van der Waals surface area contributed by atoms with Gasteiger partial charge in [0.1, 0.15) is 5.75 Å². The second-order valence-electron chi connectivity index (χ2n) is 6.49. The second-order valence-corrected chi connectivity index (χ2v) is 6.49. The second kappa shape index (κ2) is 7.66. The lowest BCUT2D eigenvalue weighted by Crippen LogP contribution is -2.56. The Balaban J connectivity index is 1.50. The van der Waals surface area contributed by atoms with Crippen LogP contribution in [0.15, 0.2) is 30.3 Å². The Kier molecular flexibility index (Phi) is 5.35. The summed E-state index contributed by atoms with van der Waals surface area (Å²) in [5.74, 6) is 0.748. The molecule has 2 aliphatic rings. The van der Waals surface area contributed by atoms with E-state index in [2.05, 4.69) is 4.90 Å². The van der Waals surface area contributed by atoms with Crippen molar-refractivity contribution in [1.82, 2.24) is 14.7 Å². The SMILES string of the molecule is CN1CCCCC1C(=O)N1CCN(C(=O)Oc2ccccc2)CC1. The van der Waals surface area contributed by atoms with Crippen LogP contribution in [0.25, 0.3) is 0 Å². The topological polar surface area (TPSA) is 53.1 Å². The molecule has 1 aromatic carbocycles. The number of carbonyl (C=O) groups is 2. The van der Waals surface area contributed by atoms with Crippen LogP contribution in [0.2, 0.25) is 0 Å². The van der Waals surface area contributed by atoms with Gasteiger partial charge in [-0.1, -0.05) is 24.6 Å². The fourth-order valence-electron chi connectivity index (χ4n) is 3.36. The van der Waals surface area contributed by atoms with Gasteiger partial charge in [-0.05, 0) is 38.6 Å². The van der Waals surface area contributed by atoms with Gasteiger partial charge in [-0.25, -0.2) is 4.79 Å².